The summed E-state index contributed by atoms with van der Waals surface area (Å²) in [6, 6.07) is 6.43. The molecule has 1 amide bonds. The van der Waals surface area contributed by atoms with Crippen molar-refractivity contribution >= 4 is 11.9 Å². The lowest BCUT2D eigenvalue weighted by Gasteiger charge is -2.17. The van der Waals surface area contributed by atoms with E-state index < -0.39 is 24.1 Å². The molecule has 1 atom stereocenters. The fraction of sp³-hybridized carbons (Fsp3) is 0.333. The number of carbonyl (C=O) groups is 2. The summed E-state index contributed by atoms with van der Waals surface area (Å²) in [6.07, 6.45) is -0.201. The Morgan fingerprint density at radius 3 is 2.52 bits per heavy atom. The predicted octanol–water partition coefficient (Wildman–Crippen LogP) is 1.68. The number of aromatic nitrogens is 2. The van der Waals surface area contributed by atoms with Gasteiger partial charge in [0.2, 0.25) is 17.5 Å². The van der Waals surface area contributed by atoms with Crippen LogP contribution >= 0.6 is 0 Å². The molecule has 0 saturated carbocycles. The van der Waals surface area contributed by atoms with E-state index in [9.17, 15) is 14.0 Å². The van der Waals surface area contributed by atoms with Crippen LogP contribution in [0.5, 0.6) is 0 Å². The van der Waals surface area contributed by atoms with Crippen molar-refractivity contribution in [1.29, 1.82) is 0 Å². The quantitative estimate of drug-likeness (QED) is 0.924. The highest BCUT2D eigenvalue weighted by molar-refractivity contribution is 5.95. The first kappa shape index (κ1) is 15.1. The number of carboxylic acids is 1. The molecule has 1 fully saturated rings. The molecule has 2 aromatic rings. The Labute approximate surface area is 130 Å². The van der Waals surface area contributed by atoms with Gasteiger partial charge in [-0.15, -0.1) is 10.2 Å². The topological polar surface area (TPSA) is 96.5 Å². The Morgan fingerprint density at radius 1 is 1.30 bits per heavy atom. The van der Waals surface area contributed by atoms with Crippen molar-refractivity contribution in [2.45, 2.75) is 19.0 Å². The van der Waals surface area contributed by atoms with Crippen LogP contribution in [0.25, 0.3) is 11.5 Å². The van der Waals surface area contributed by atoms with Crippen molar-refractivity contribution in [3.05, 3.63) is 35.7 Å². The molecule has 0 radical (unpaired) electrons. The number of amides is 1. The molecule has 0 bridgehead atoms. The van der Waals surface area contributed by atoms with E-state index in [1.807, 2.05) is 0 Å². The number of hydrogen-bond acceptors (Lipinski definition) is 5. The summed E-state index contributed by atoms with van der Waals surface area (Å²) in [5, 5.41) is 16.5. The summed E-state index contributed by atoms with van der Waals surface area (Å²) in [4.78, 5) is 24.4. The van der Waals surface area contributed by atoms with Crippen LogP contribution in [-0.4, -0.2) is 50.8 Å². The van der Waals surface area contributed by atoms with Gasteiger partial charge in [0.25, 0.3) is 5.91 Å². The number of likely N-dealkylation sites (tertiary alicyclic amines) is 1. The number of halogens is 1. The van der Waals surface area contributed by atoms with Gasteiger partial charge in [0.1, 0.15) is 0 Å². The van der Waals surface area contributed by atoms with Gasteiger partial charge in [-0.05, 0) is 24.3 Å². The Balaban J connectivity index is 1.75. The fourth-order valence-electron chi connectivity index (χ4n) is 2.47. The van der Waals surface area contributed by atoms with Crippen LogP contribution < -0.4 is 0 Å². The second kappa shape index (κ2) is 5.45. The number of aliphatic carboxylic acids is 1. The van der Waals surface area contributed by atoms with Crippen molar-refractivity contribution in [3.63, 3.8) is 0 Å². The molecular weight excluding hydrogens is 305 g/mol. The number of hydrogen-bond donors (Lipinski definition) is 1. The van der Waals surface area contributed by atoms with E-state index in [-0.39, 0.29) is 13.0 Å². The third-order valence-electron chi connectivity index (χ3n) is 3.79. The Morgan fingerprint density at radius 2 is 2.00 bits per heavy atom. The fourth-order valence-corrected chi connectivity index (χ4v) is 2.47. The molecular formula is C15H14FN3O4. The molecule has 1 unspecified atom stereocenters. The Kier molecular flexibility index (Phi) is 3.59. The van der Waals surface area contributed by atoms with Crippen LogP contribution in [0.3, 0.4) is 0 Å². The van der Waals surface area contributed by atoms with Crippen molar-refractivity contribution in [2.75, 3.05) is 13.1 Å². The first-order chi connectivity index (χ1) is 10.9. The van der Waals surface area contributed by atoms with Gasteiger partial charge in [0.05, 0.1) is 6.54 Å². The van der Waals surface area contributed by atoms with Crippen LogP contribution in [0.15, 0.2) is 28.7 Å². The number of rotatable bonds is 3. The zero-order valence-electron chi connectivity index (χ0n) is 12.3. The Hall–Kier alpha value is -2.77. The van der Waals surface area contributed by atoms with Gasteiger partial charge in [-0.25, -0.2) is 9.18 Å². The molecule has 1 aliphatic heterocycles. The minimum Gasteiger partial charge on any atom is -0.479 e. The van der Waals surface area contributed by atoms with Crippen LogP contribution in [0.1, 0.15) is 22.7 Å². The minimum absolute atomic E-state index is 0.0756. The molecule has 1 aromatic carbocycles. The van der Waals surface area contributed by atoms with E-state index in [2.05, 4.69) is 10.2 Å². The Bertz CT molecular complexity index is 758. The number of benzene rings is 1. The standard InChI is InChI=1S/C15H14FN3O4/c1-9-17-18-12(23-9)10-2-4-11(5-3-10)13(20)19-7-6-15(16,8-19)14(21)22/h2-5H,6-8H2,1H3,(H,21,22). The predicted molar refractivity (Wildman–Crippen MR) is 76.5 cm³/mol. The van der Waals surface area contributed by atoms with E-state index in [0.717, 1.165) is 0 Å². The number of alkyl halides is 1. The maximum atomic E-state index is 14.0. The normalized spacial score (nSPS) is 20.7. The molecule has 1 aliphatic rings. The summed E-state index contributed by atoms with van der Waals surface area (Å²) in [7, 11) is 0. The van der Waals surface area contributed by atoms with Gasteiger partial charge in [0.15, 0.2) is 0 Å². The van der Waals surface area contributed by atoms with Crippen LogP contribution in [-0.2, 0) is 4.79 Å². The number of carbonyl (C=O) groups excluding carboxylic acids is 1. The zero-order valence-corrected chi connectivity index (χ0v) is 12.3. The van der Waals surface area contributed by atoms with E-state index >= 15 is 0 Å². The summed E-state index contributed by atoms with van der Waals surface area (Å²) < 4.78 is 19.3. The maximum absolute atomic E-state index is 14.0. The van der Waals surface area contributed by atoms with Gasteiger partial charge >= 0.3 is 5.97 Å². The lowest BCUT2D eigenvalue weighted by Crippen LogP contribution is -2.38. The third kappa shape index (κ3) is 2.79. The second-order valence-electron chi connectivity index (χ2n) is 5.45. The molecule has 23 heavy (non-hydrogen) atoms. The molecule has 120 valence electrons. The van der Waals surface area contributed by atoms with Gasteiger partial charge in [-0.2, -0.15) is 0 Å². The van der Waals surface area contributed by atoms with Crippen molar-refractivity contribution in [2.24, 2.45) is 0 Å². The van der Waals surface area contributed by atoms with E-state index in [0.29, 0.717) is 22.9 Å². The van der Waals surface area contributed by atoms with Gasteiger partial charge in [-0.3, -0.25) is 4.79 Å². The highest BCUT2D eigenvalue weighted by Gasteiger charge is 2.46. The molecule has 0 spiro atoms. The number of aryl methyl sites for hydroxylation is 1. The summed E-state index contributed by atoms with van der Waals surface area (Å²) in [6.45, 7) is 1.31. The maximum Gasteiger partial charge on any atom is 0.343 e. The smallest absolute Gasteiger partial charge is 0.343 e. The van der Waals surface area contributed by atoms with Crippen LogP contribution in [0, 0.1) is 6.92 Å². The average Bonchev–Trinajstić information content (AvgIpc) is 3.14. The highest BCUT2D eigenvalue weighted by Crippen LogP contribution is 2.27. The third-order valence-corrected chi connectivity index (χ3v) is 3.79. The van der Waals surface area contributed by atoms with Crippen molar-refractivity contribution in [3.8, 4) is 11.5 Å². The minimum atomic E-state index is -2.36. The average molecular weight is 319 g/mol. The lowest BCUT2D eigenvalue weighted by atomic mass is 10.1. The molecule has 3 rings (SSSR count). The largest absolute Gasteiger partial charge is 0.479 e. The number of nitrogens with zero attached hydrogens (tertiary/aromatic N) is 3. The molecule has 7 nitrogen and oxygen atoms in total. The second-order valence-corrected chi connectivity index (χ2v) is 5.45. The summed E-state index contributed by atoms with van der Waals surface area (Å²) in [5.41, 5.74) is -1.36. The zero-order chi connectivity index (χ0) is 16.6. The first-order valence-corrected chi connectivity index (χ1v) is 7.01. The lowest BCUT2D eigenvalue weighted by molar-refractivity contribution is -0.149. The molecule has 1 N–H and O–H groups in total. The molecule has 0 aliphatic carbocycles. The van der Waals surface area contributed by atoms with Crippen molar-refractivity contribution in [1.82, 2.24) is 15.1 Å². The SMILES string of the molecule is Cc1nnc(-c2ccc(C(=O)N3CCC(F)(C(=O)O)C3)cc2)o1. The molecule has 1 aromatic heterocycles. The van der Waals surface area contributed by atoms with Gasteiger partial charge < -0.3 is 14.4 Å². The summed E-state index contributed by atoms with van der Waals surface area (Å²) >= 11 is 0. The molecule has 2 heterocycles. The van der Waals surface area contributed by atoms with E-state index in [1.165, 1.54) is 4.90 Å². The molecule has 1 saturated heterocycles. The van der Waals surface area contributed by atoms with Gasteiger partial charge in [0, 0.05) is 31.0 Å². The molecule has 8 heteroatoms. The van der Waals surface area contributed by atoms with Crippen molar-refractivity contribution < 1.29 is 23.5 Å². The summed E-state index contributed by atoms with van der Waals surface area (Å²) in [5.74, 6) is -1.16. The highest BCUT2D eigenvalue weighted by atomic mass is 19.1. The van der Waals surface area contributed by atoms with Gasteiger partial charge in [-0.1, -0.05) is 0 Å². The first-order valence-electron chi connectivity index (χ1n) is 7.01. The van der Waals surface area contributed by atoms with E-state index in [1.54, 1.807) is 31.2 Å². The van der Waals surface area contributed by atoms with E-state index in [4.69, 9.17) is 9.52 Å². The van der Waals surface area contributed by atoms with Crippen LogP contribution in [0.2, 0.25) is 0 Å². The van der Waals surface area contributed by atoms with Crippen LogP contribution in [0.4, 0.5) is 4.39 Å². The number of carboxylic acid groups (broad SMARTS) is 1. The monoisotopic (exact) mass is 319 g/mol.